The molecule has 0 fully saturated rings. The summed E-state index contributed by atoms with van der Waals surface area (Å²) in [7, 11) is 0. The summed E-state index contributed by atoms with van der Waals surface area (Å²) in [6.07, 6.45) is 1.92. The Balaban J connectivity index is 1.29. The van der Waals surface area contributed by atoms with Crippen molar-refractivity contribution < 1.29 is 4.79 Å². The van der Waals surface area contributed by atoms with E-state index >= 15 is 0 Å². The number of thiazole rings is 1. The van der Waals surface area contributed by atoms with Crippen molar-refractivity contribution in [2.45, 2.75) is 11.4 Å². The van der Waals surface area contributed by atoms with Gasteiger partial charge in [0.05, 0.1) is 16.4 Å². The largest absolute Gasteiger partial charge is 0.302 e. The van der Waals surface area contributed by atoms with Crippen LogP contribution in [0.2, 0.25) is 5.02 Å². The zero-order valence-corrected chi connectivity index (χ0v) is 18.2. The van der Waals surface area contributed by atoms with Crippen molar-refractivity contribution in [1.82, 2.24) is 15.0 Å². The van der Waals surface area contributed by atoms with Crippen LogP contribution in [0.15, 0.2) is 77.4 Å². The first-order valence-corrected chi connectivity index (χ1v) is 11.4. The van der Waals surface area contributed by atoms with Crippen molar-refractivity contribution in [3.05, 3.63) is 77.4 Å². The van der Waals surface area contributed by atoms with Crippen molar-refractivity contribution in [2.75, 3.05) is 11.1 Å². The number of amides is 1. The van der Waals surface area contributed by atoms with Gasteiger partial charge in [-0.15, -0.1) is 23.1 Å². The summed E-state index contributed by atoms with van der Waals surface area (Å²) in [5.74, 6) is 0.545. The van der Waals surface area contributed by atoms with Crippen LogP contribution in [0.1, 0.15) is 6.42 Å². The number of halogens is 1. The average Bonchev–Trinajstić information content (AvgIpc) is 3.23. The minimum absolute atomic E-state index is 0.0724. The number of hydrogen-bond acceptors (Lipinski definition) is 6. The second-order valence-corrected chi connectivity index (χ2v) is 8.71. The number of carbonyl (C=O) groups excluding carboxylic acids is 1. The molecule has 2 aromatic heterocycles. The zero-order valence-electron chi connectivity index (χ0n) is 15.8. The summed E-state index contributed by atoms with van der Waals surface area (Å²) in [5, 5.41) is 6.89. The minimum Gasteiger partial charge on any atom is -0.302 e. The van der Waals surface area contributed by atoms with E-state index < -0.39 is 0 Å². The van der Waals surface area contributed by atoms with Crippen LogP contribution < -0.4 is 5.32 Å². The van der Waals surface area contributed by atoms with Crippen molar-refractivity contribution in [3.63, 3.8) is 0 Å². The number of aromatic nitrogens is 3. The van der Waals surface area contributed by atoms with Crippen molar-refractivity contribution >= 4 is 45.7 Å². The Morgan fingerprint density at radius 1 is 1.00 bits per heavy atom. The highest BCUT2D eigenvalue weighted by Gasteiger charge is 2.09. The maximum Gasteiger partial charge on any atom is 0.226 e. The quantitative estimate of drug-likeness (QED) is 0.273. The molecule has 0 saturated carbocycles. The Morgan fingerprint density at radius 2 is 1.77 bits per heavy atom. The molecule has 0 atom stereocenters. The molecule has 1 N–H and O–H groups in total. The first-order chi connectivity index (χ1) is 14.7. The molecule has 2 aromatic carbocycles. The van der Waals surface area contributed by atoms with Crippen LogP contribution in [-0.2, 0) is 4.79 Å². The summed E-state index contributed by atoms with van der Waals surface area (Å²) in [6, 6.07) is 19.3. The Bertz CT molecular complexity index is 1130. The minimum atomic E-state index is -0.0724. The van der Waals surface area contributed by atoms with Gasteiger partial charge in [0.25, 0.3) is 0 Å². The van der Waals surface area contributed by atoms with E-state index in [0.717, 1.165) is 27.5 Å². The number of anilines is 1. The molecule has 1 amide bonds. The highest BCUT2D eigenvalue weighted by Crippen LogP contribution is 2.26. The lowest BCUT2D eigenvalue weighted by Crippen LogP contribution is -2.12. The molecule has 0 spiro atoms. The third-order valence-corrected chi connectivity index (χ3v) is 6.12. The first-order valence-electron chi connectivity index (χ1n) is 9.19. The molecule has 0 unspecified atom stereocenters. The molecule has 150 valence electrons. The standard InChI is InChI=1S/C22H17ClN4OS2/c23-17-8-6-16(7-9-17)19-13-30-22(26-19)27-20(28)10-11-29-21-12-18(24-14-25-21)15-4-2-1-3-5-15/h1-9,12-14H,10-11H2,(H,26,27,28). The fourth-order valence-corrected chi connectivity index (χ4v) is 4.37. The molecule has 4 aromatic rings. The summed E-state index contributed by atoms with van der Waals surface area (Å²) < 4.78 is 0. The fourth-order valence-electron chi connectivity index (χ4n) is 2.70. The van der Waals surface area contributed by atoms with Crippen LogP contribution in [0, 0.1) is 0 Å². The van der Waals surface area contributed by atoms with Crippen LogP contribution in [0.5, 0.6) is 0 Å². The van der Waals surface area contributed by atoms with Crippen LogP contribution in [0.3, 0.4) is 0 Å². The number of nitrogens with zero attached hydrogens (tertiary/aromatic N) is 3. The smallest absolute Gasteiger partial charge is 0.226 e. The highest BCUT2D eigenvalue weighted by atomic mass is 35.5. The van der Waals surface area contributed by atoms with E-state index in [2.05, 4.69) is 20.3 Å². The number of benzene rings is 2. The van der Waals surface area contributed by atoms with E-state index in [9.17, 15) is 4.79 Å². The topological polar surface area (TPSA) is 67.8 Å². The van der Waals surface area contributed by atoms with Gasteiger partial charge in [-0.3, -0.25) is 4.79 Å². The Hall–Kier alpha value is -2.74. The number of rotatable bonds is 7. The SMILES string of the molecule is O=C(CCSc1cc(-c2ccccc2)ncn1)Nc1nc(-c2ccc(Cl)cc2)cs1. The van der Waals surface area contributed by atoms with Crippen LogP contribution in [-0.4, -0.2) is 26.6 Å². The van der Waals surface area contributed by atoms with Gasteiger partial charge < -0.3 is 5.32 Å². The van der Waals surface area contributed by atoms with Gasteiger partial charge in [-0.05, 0) is 18.2 Å². The van der Waals surface area contributed by atoms with Crippen LogP contribution in [0.25, 0.3) is 22.5 Å². The molecule has 2 heterocycles. The predicted octanol–water partition coefficient (Wildman–Crippen LogP) is 6.04. The lowest BCUT2D eigenvalue weighted by Gasteiger charge is -2.04. The van der Waals surface area contributed by atoms with Crippen molar-refractivity contribution in [3.8, 4) is 22.5 Å². The number of thioether (sulfide) groups is 1. The third kappa shape index (κ3) is 5.44. The molecular weight excluding hydrogens is 436 g/mol. The van der Waals surface area contributed by atoms with E-state index in [0.29, 0.717) is 22.3 Å². The lowest BCUT2D eigenvalue weighted by molar-refractivity contribution is -0.115. The molecule has 0 bridgehead atoms. The zero-order chi connectivity index (χ0) is 20.8. The molecule has 5 nitrogen and oxygen atoms in total. The molecule has 30 heavy (non-hydrogen) atoms. The maximum absolute atomic E-state index is 12.3. The lowest BCUT2D eigenvalue weighted by atomic mass is 10.1. The molecule has 4 rings (SSSR count). The van der Waals surface area contributed by atoms with Crippen molar-refractivity contribution in [1.29, 1.82) is 0 Å². The highest BCUT2D eigenvalue weighted by molar-refractivity contribution is 7.99. The maximum atomic E-state index is 12.3. The summed E-state index contributed by atoms with van der Waals surface area (Å²) in [4.78, 5) is 25.4. The van der Waals surface area contributed by atoms with Gasteiger partial charge in [0.15, 0.2) is 5.13 Å². The monoisotopic (exact) mass is 452 g/mol. The molecule has 0 aliphatic heterocycles. The van der Waals surface area contributed by atoms with Gasteiger partial charge in [0.2, 0.25) is 5.91 Å². The molecule has 0 saturated heterocycles. The summed E-state index contributed by atoms with van der Waals surface area (Å²) in [6.45, 7) is 0. The molecule has 0 aliphatic carbocycles. The number of carbonyl (C=O) groups is 1. The predicted molar refractivity (Wildman–Crippen MR) is 124 cm³/mol. The Labute approximate surface area is 187 Å². The van der Waals surface area contributed by atoms with E-state index in [4.69, 9.17) is 11.6 Å². The second kappa shape index (κ2) is 9.84. The normalized spacial score (nSPS) is 10.7. The number of nitrogens with one attached hydrogen (secondary N) is 1. The van der Waals surface area contributed by atoms with E-state index in [1.165, 1.54) is 23.1 Å². The van der Waals surface area contributed by atoms with Gasteiger partial charge in [0.1, 0.15) is 6.33 Å². The fraction of sp³-hybridized carbons (Fsp3) is 0.0909. The molecule has 8 heteroatoms. The molecule has 0 radical (unpaired) electrons. The number of hydrogen-bond donors (Lipinski definition) is 1. The molecule has 0 aliphatic rings. The van der Waals surface area contributed by atoms with Crippen LogP contribution in [0.4, 0.5) is 5.13 Å². The summed E-state index contributed by atoms with van der Waals surface area (Å²) in [5.41, 5.74) is 3.69. The third-order valence-electron chi connectivity index (χ3n) is 4.18. The second-order valence-electron chi connectivity index (χ2n) is 6.30. The van der Waals surface area contributed by atoms with Crippen molar-refractivity contribution in [2.24, 2.45) is 0 Å². The van der Waals surface area contributed by atoms with Crippen LogP contribution >= 0.6 is 34.7 Å². The van der Waals surface area contributed by atoms with Gasteiger partial charge in [-0.25, -0.2) is 15.0 Å². The van der Waals surface area contributed by atoms with E-state index in [1.54, 1.807) is 6.33 Å². The first kappa shape index (κ1) is 20.5. The van der Waals surface area contributed by atoms with E-state index in [-0.39, 0.29) is 5.91 Å². The average molecular weight is 453 g/mol. The van der Waals surface area contributed by atoms with Gasteiger partial charge in [-0.1, -0.05) is 54.1 Å². The van der Waals surface area contributed by atoms with Gasteiger partial charge in [-0.2, -0.15) is 0 Å². The van der Waals surface area contributed by atoms with E-state index in [1.807, 2.05) is 66.0 Å². The Morgan fingerprint density at radius 3 is 2.57 bits per heavy atom. The molecular formula is C22H17ClN4OS2. The van der Waals surface area contributed by atoms with Gasteiger partial charge in [0, 0.05) is 33.7 Å². The summed E-state index contributed by atoms with van der Waals surface area (Å²) >= 11 is 8.85. The Kier molecular flexibility index (Phi) is 6.74. The van der Waals surface area contributed by atoms with Gasteiger partial charge >= 0.3 is 0 Å².